The van der Waals surface area contributed by atoms with Crippen LogP contribution in [-0.2, 0) is 4.74 Å². The molecule has 0 aromatic heterocycles. The third-order valence-electron chi connectivity index (χ3n) is 3.06. The predicted molar refractivity (Wildman–Crippen MR) is 64.9 cm³/mol. The fraction of sp³-hybridized carbons (Fsp3) is 0.500. The largest absolute Gasteiger partial charge is 0.492 e. The summed E-state index contributed by atoms with van der Waals surface area (Å²) in [6.45, 7) is 2.42. The van der Waals surface area contributed by atoms with E-state index < -0.39 is 0 Å². The third kappa shape index (κ3) is 1.81. The lowest BCUT2D eigenvalue weighted by atomic mass is 10.0. The molecule has 3 nitrogen and oxygen atoms in total. The van der Waals surface area contributed by atoms with E-state index in [1.807, 2.05) is 30.0 Å². The monoisotopic (exact) mass is 237 g/mol. The Balaban J connectivity index is 1.75. The van der Waals surface area contributed by atoms with Crippen molar-refractivity contribution in [2.24, 2.45) is 5.73 Å². The van der Waals surface area contributed by atoms with Crippen LogP contribution in [0.2, 0.25) is 0 Å². The van der Waals surface area contributed by atoms with Crippen LogP contribution < -0.4 is 10.5 Å². The molecule has 2 N–H and O–H groups in total. The van der Waals surface area contributed by atoms with Gasteiger partial charge >= 0.3 is 0 Å². The molecule has 2 unspecified atom stereocenters. The average Bonchev–Trinajstić information content (AvgIpc) is 2.26. The quantitative estimate of drug-likeness (QED) is 0.848. The van der Waals surface area contributed by atoms with E-state index in [0.717, 1.165) is 24.5 Å². The molecule has 2 heterocycles. The molecule has 0 spiro atoms. The van der Waals surface area contributed by atoms with E-state index >= 15 is 0 Å². The van der Waals surface area contributed by atoms with Crippen LogP contribution in [0.15, 0.2) is 24.3 Å². The van der Waals surface area contributed by atoms with Gasteiger partial charge in [-0.3, -0.25) is 0 Å². The highest BCUT2D eigenvalue weighted by Crippen LogP contribution is 2.38. The van der Waals surface area contributed by atoms with E-state index in [0.29, 0.717) is 17.1 Å². The molecule has 1 saturated heterocycles. The summed E-state index contributed by atoms with van der Waals surface area (Å²) in [6.07, 6.45) is 0. The summed E-state index contributed by atoms with van der Waals surface area (Å²) in [6, 6.07) is 8.13. The van der Waals surface area contributed by atoms with Crippen LogP contribution in [0.25, 0.3) is 0 Å². The maximum absolute atomic E-state index is 6.28. The van der Waals surface area contributed by atoms with Crippen LogP contribution in [0.4, 0.5) is 0 Å². The Morgan fingerprint density at radius 3 is 2.75 bits per heavy atom. The second kappa shape index (κ2) is 4.28. The summed E-state index contributed by atoms with van der Waals surface area (Å²) in [5.74, 6) is 0.941. The van der Waals surface area contributed by atoms with Crippen molar-refractivity contribution in [1.82, 2.24) is 0 Å². The van der Waals surface area contributed by atoms with Crippen molar-refractivity contribution in [3.05, 3.63) is 29.8 Å². The zero-order chi connectivity index (χ0) is 11.0. The van der Waals surface area contributed by atoms with Crippen molar-refractivity contribution in [1.29, 1.82) is 0 Å². The number of para-hydroxylation sites is 1. The molecule has 2 aliphatic rings. The number of rotatable bonds is 2. The van der Waals surface area contributed by atoms with Gasteiger partial charge in [0, 0.05) is 11.6 Å². The molecule has 0 radical (unpaired) electrons. The van der Waals surface area contributed by atoms with E-state index in [4.69, 9.17) is 15.2 Å². The molecule has 2 atom stereocenters. The Kier molecular flexibility index (Phi) is 2.79. The highest BCUT2D eigenvalue weighted by atomic mass is 32.2. The molecular weight excluding hydrogens is 222 g/mol. The van der Waals surface area contributed by atoms with Gasteiger partial charge in [-0.2, -0.15) is 0 Å². The molecule has 1 fully saturated rings. The van der Waals surface area contributed by atoms with Crippen LogP contribution >= 0.6 is 11.8 Å². The van der Waals surface area contributed by atoms with Gasteiger partial charge in [-0.25, -0.2) is 0 Å². The lowest BCUT2D eigenvalue weighted by molar-refractivity contribution is 0.0450. The first-order valence-corrected chi connectivity index (χ1v) is 6.49. The van der Waals surface area contributed by atoms with E-state index in [1.54, 1.807) is 0 Å². The zero-order valence-corrected chi connectivity index (χ0v) is 9.78. The Morgan fingerprint density at radius 2 is 2.00 bits per heavy atom. The van der Waals surface area contributed by atoms with Gasteiger partial charge in [0.2, 0.25) is 0 Å². The number of hydrogen-bond donors (Lipinski definition) is 1. The zero-order valence-electron chi connectivity index (χ0n) is 8.96. The first-order chi connectivity index (χ1) is 7.84. The van der Waals surface area contributed by atoms with Gasteiger partial charge in [0.15, 0.2) is 0 Å². The Labute approximate surface area is 99.3 Å². The van der Waals surface area contributed by atoms with Gasteiger partial charge in [0.05, 0.1) is 23.7 Å². The molecule has 3 rings (SSSR count). The smallest absolute Gasteiger partial charge is 0.124 e. The minimum Gasteiger partial charge on any atom is -0.492 e. The number of nitrogens with two attached hydrogens (primary N) is 1. The standard InChI is InChI=1S/C12H15NO2S/c13-12-9-3-1-2-4-10(9)15-7-11(12)16-8-5-14-6-8/h1-4,8,11-12H,5-7,13H2. The third-order valence-corrected chi connectivity index (χ3v) is 4.49. The van der Waals surface area contributed by atoms with Crippen LogP contribution in [0, 0.1) is 0 Å². The van der Waals surface area contributed by atoms with Crippen molar-refractivity contribution < 1.29 is 9.47 Å². The van der Waals surface area contributed by atoms with Gasteiger partial charge in [-0.15, -0.1) is 11.8 Å². The van der Waals surface area contributed by atoms with Gasteiger partial charge in [-0.1, -0.05) is 18.2 Å². The van der Waals surface area contributed by atoms with Crippen molar-refractivity contribution in [3.8, 4) is 5.75 Å². The van der Waals surface area contributed by atoms with Gasteiger partial charge < -0.3 is 15.2 Å². The molecule has 0 amide bonds. The van der Waals surface area contributed by atoms with Crippen LogP contribution in [0.5, 0.6) is 5.75 Å². The Bertz CT molecular complexity index is 381. The molecule has 86 valence electrons. The summed E-state index contributed by atoms with van der Waals surface area (Å²) < 4.78 is 10.9. The van der Waals surface area contributed by atoms with E-state index in [-0.39, 0.29) is 6.04 Å². The van der Waals surface area contributed by atoms with Crippen molar-refractivity contribution in [3.63, 3.8) is 0 Å². The van der Waals surface area contributed by atoms with Crippen LogP contribution in [-0.4, -0.2) is 30.3 Å². The summed E-state index contributed by atoms with van der Waals surface area (Å²) in [5, 5.41) is 0.953. The molecule has 0 aliphatic carbocycles. The summed E-state index contributed by atoms with van der Waals surface area (Å²) in [5.41, 5.74) is 7.41. The Hall–Kier alpha value is -0.710. The van der Waals surface area contributed by atoms with Gasteiger partial charge in [0.25, 0.3) is 0 Å². The summed E-state index contributed by atoms with van der Waals surface area (Å²) in [4.78, 5) is 0. The maximum Gasteiger partial charge on any atom is 0.124 e. The highest BCUT2D eigenvalue weighted by molar-refractivity contribution is 8.00. The topological polar surface area (TPSA) is 44.5 Å². The number of thioether (sulfide) groups is 1. The predicted octanol–water partition coefficient (Wildman–Crippen LogP) is 1.58. The summed E-state index contributed by atoms with van der Waals surface area (Å²) in [7, 11) is 0. The Morgan fingerprint density at radius 1 is 1.19 bits per heavy atom. The molecular formula is C12H15NO2S. The molecule has 1 aromatic carbocycles. The first kappa shape index (κ1) is 10.4. The van der Waals surface area contributed by atoms with E-state index in [1.165, 1.54) is 0 Å². The maximum atomic E-state index is 6.28. The summed E-state index contributed by atoms with van der Waals surface area (Å²) >= 11 is 1.90. The molecule has 16 heavy (non-hydrogen) atoms. The van der Waals surface area contributed by atoms with E-state index in [2.05, 4.69) is 6.07 Å². The number of ether oxygens (including phenoxy) is 2. The lowest BCUT2D eigenvalue weighted by Crippen LogP contribution is -2.39. The normalized spacial score (nSPS) is 29.1. The van der Waals surface area contributed by atoms with Crippen LogP contribution in [0.3, 0.4) is 0 Å². The number of fused-ring (bicyclic) bond motifs is 1. The first-order valence-electron chi connectivity index (χ1n) is 5.55. The lowest BCUT2D eigenvalue weighted by Gasteiger charge is -2.35. The van der Waals surface area contributed by atoms with Crippen molar-refractivity contribution >= 4 is 11.8 Å². The van der Waals surface area contributed by atoms with Crippen molar-refractivity contribution in [2.45, 2.75) is 16.5 Å². The van der Waals surface area contributed by atoms with Crippen molar-refractivity contribution in [2.75, 3.05) is 19.8 Å². The van der Waals surface area contributed by atoms with Crippen LogP contribution in [0.1, 0.15) is 11.6 Å². The molecule has 1 aromatic rings. The second-order valence-electron chi connectivity index (χ2n) is 4.21. The SMILES string of the molecule is NC1c2ccccc2OCC1SC1COC1. The molecule has 0 bridgehead atoms. The molecule has 2 aliphatic heterocycles. The molecule has 0 saturated carbocycles. The second-order valence-corrected chi connectivity index (χ2v) is 5.75. The van der Waals surface area contributed by atoms with Gasteiger partial charge in [0.1, 0.15) is 12.4 Å². The average molecular weight is 237 g/mol. The fourth-order valence-electron chi connectivity index (χ4n) is 2.03. The molecule has 4 heteroatoms. The van der Waals surface area contributed by atoms with E-state index in [9.17, 15) is 0 Å². The minimum atomic E-state index is 0.0792. The fourth-order valence-corrected chi connectivity index (χ4v) is 3.33. The number of benzene rings is 1. The van der Waals surface area contributed by atoms with Gasteiger partial charge in [-0.05, 0) is 6.07 Å². The minimum absolute atomic E-state index is 0.0792. The highest BCUT2D eigenvalue weighted by Gasteiger charge is 2.32. The number of hydrogen-bond acceptors (Lipinski definition) is 4.